The standard InChI is InChI=1S/C17H18ClFN2O3S/c1-25(23,24)21(10-9-13-3-2-4-14(18)11-13)12-17(22)20-16-7-5-15(19)6-8-16/h2-8,11H,9-10,12H2,1H3,(H,20,22). The van der Waals surface area contributed by atoms with Crippen LogP contribution >= 0.6 is 11.6 Å². The van der Waals surface area contributed by atoms with Gasteiger partial charge in [-0.25, -0.2) is 12.8 Å². The molecule has 2 aromatic carbocycles. The van der Waals surface area contributed by atoms with Crippen LogP contribution in [0.25, 0.3) is 0 Å². The summed E-state index contributed by atoms with van der Waals surface area (Å²) in [6.07, 6.45) is 1.48. The molecule has 0 saturated heterocycles. The first-order chi connectivity index (χ1) is 11.7. The Balaban J connectivity index is 2.00. The first-order valence-corrected chi connectivity index (χ1v) is 9.71. The fourth-order valence-corrected chi connectivity index (χ4v) is 3.19. The number of anilines is 1. The normalized spacial score (nSPS) is 11.5. The second kappa shape index (κ2) is 8.42. The van der Waals surface area contributed by atoms with E-state index in [-0.39, 0.29) is 13.1 Å². The average molecular weight is 385 g/mol. The van der Waals surface area contributed by atoms with Crippen LogP contribution in [0.15, 0.2) is 48.5 Å². The molecule has 0 fully saturated rings. The zero-order chi connectivity index (χ0) is 18.4. The molecule has 0 spiro atoms. The third kappa shape index (κ3) is 6.45. The number of hydrogen-bond acceptors (Lipinski definition) is 3. The van der Waals surface area contributed by atoms with E-state index >= 15 is 0 Å². The van der Waals surface area contributed by atoms with Gasteiger partial charge in [-0.1, -0.05) is 23.7 Å². The smallest absolute Gasteiger partial charge is 0.239 e. The number of nitrogens with one attached hydrogen (secondary N) is 1. The van der Waals surface area contributed by atoms with Crippen molar-refractivity contribution in [3.05, 3.63) is 64.9 Å². The summed E-state index contributed by atoms with van der Waals surface area (Å²) in [6.45, 7) is -0.174. The fourth-order valence-electron chi connectivity index (χ4n) is 2.20. The maximum absolute atomic E-state index is 12.9. The van der Waals surface area contributed by atoms with E-state index < -0.39 is 21.7 Å². The average Bonchev–Trinajstić information content (AvgIpc) is 2.52. The second-order valence-corrected chi connectivity index (χ2v) is 7.95. The van der Waals surface area contributed by atoms with Gasteiger partial charge in [-0.05, 0) is 48.4 Å². The van der Waals surface area contributed by atoms with Gasteiger partial charge in [0.2, 0.25) is 15.9 Å². The summed E-state index contributed by atoms with van der Waals surface area (Å²) in [7, 11) is -3.56. The SMILES string of the molecule is CS(=O)(=O)N(CCc1cccc(Cl)c1)CC(=O)Nc1ccc(F)cc1. The molecule has 0 saturated carbocycles. The van der Waals surface area contributed by atoms with Crippen molar-refractivity contribution < 1.29 is 17.6 Å². The third-order valence-electron chi connectivity index (χ3n) is 3.46. The number of benzene rings is 2. The minimum absolute atomic E-state index is 0.149. The van der Waals surface area contributed by atoms with Gasteiger partial charge in [0.1, 0.15) is 5.82 Å². The Morgan fingerprint density at radius 3 is 2.48 bits per heavy atom. The summed E-state index contributed by atoms with van der Waals surface area (Å²) < 4.78 is 37.8. The van der Waals surface area contributed by atoms with Crippen LogP contribution in [0.1, 0.15) is 5.56 Å². The number of carbonyl (C=O) groups is 1. The highest BCUT2D eigenvalue weighted by Gasteiger charge is 2.20. The third-order valence-corrected chi connectivity index (χ3v) is 4.94. The van der Waals surface area contributed by atoms with Crippen molar-refractivity contribution in [3.63, 3.8) is 0 Å². The monoisotopic (exact) mass is 384 g/mol. The van der Waals surface area contributed by atoms with Gasteiger partial charge < -0.3 is 5.32 Å². The van der Waals surface area contributed by atoms with Crippen LogP contribution < -0.4 is 5.32 Å². The molecule has 0 atom stereocenters. The molecular formula is C17H18ClFN2O3S. The summed E-state index contributed by atoms with van der Waals surface area (Å²) in [4.78, 5) is 12.1. The van der Waals surface area contributed by atoms with E-state index in [1.807, 2.05) is 6.07 Å². The van der Waals surface area contributed by atoms with Crippen molar-refractivity contribution in [2.75, 3.05) is 24.7 Å². The van der Waals surface area contributed by atoms with Crippen LogP contribution in [0.5, 0.6) is 0 Å². The Kier molecular flexibility index (Phi) is 6.52. The topological polar surface area (TPSA) is 66.5 Å². The maximum Gasteiger partial charge on any atom is 0.239 e. The molecule has 0 aliphatic rings. The second-order valence-electron chi connectivity index (χ2n) is 5.53. The Morgan fingerprint density at radius 1 is 1.20 bits per heavy atom. The molecule has 0 unspecified atom stereocenters. The zero-order valence-corrected chi connectivity index (χ0v) is 15.1. The molecule has 0 aliphatic carbocycles. The van der Waals surface area contributed by atoms with Crippen LogP contribution in [-0.4, -0.2) is 38.0 Å². The minimum Gasteiger partial charge on any atom is -0.325 e. The number of amides is 1. The van der Waals surface area contributed by atoms with E-state index in [0.29, 0.717) is 17.1 Å². The van der Waals surface area contributed by atoms with Crippen molar-refractivity contribution in [1.29, 1.82) is 0 Å². The predicted molar refractivity (Wildman–Crippen MR) is 96.6 cm³/mol. The van der Waals surface area contributed by atoms with E-state index in [4.69, 9.17) is 11.6 Å². The molecular weight excluding hydrogens is 367 g/mol. The maximum atomic E-state index is 12.9. The number of nitrogens with zero attached hydrogens (tertiary/aromatic N) is 1. The summed E-state index contributed by atoms with van der Waals surface area (Å²) in [5.41, 5.74) is 1.27. The van der Waals surface area contributed by atoms with Gasteiger partial charge >= 0.3 is 0 Å². The molecule has 0 radical (unpaired) electrons. The van der Waals surface area contributed by atoms with Crippen molar-refractivity contribution in [3.8, 4) is 0 Å². The number of hydrogen-bond donors (Lipinski definition) is 1. The van der Waals surface area contributed by atoms with Gasteiger partial charge in [0.15, 0.2) is 0 Å². The summed E-state index contributed by atoms with van der Waals surface area (Å²) >= 11 is 5.91. The van der Waals surface area contributed by atoms with Crippen molar-refractivity contribution >= 4 is 33.2 Å². The molecule has 0 bridgehead atoms. The number of carbonyl (C=O) groups excluding carboxylic acids is 1. The Hall–Kier alpha value is -1.96. The van der Waals surface area contributed by atoms with Crippen LogP contribution in [0.3, 0.4) is 0 Å². The molecule has 1 amide bonds. The molecule has 0 aliphatic heterocycles. The minimum atomic E-state index is -3.56. The van der Waals surface area contributed by atoms with Crippen LogP contribution in [-0.2, 0) is 21.2 Å². The zero-order valence-electron chi connectivity index (χ0n) is 13.6. The molecule has 2 aromatic rings. The van der Waals surface area contributed by atoms with Crippen LogP contribution in [0, 0.1) is 5.82 Å². The highest BCUT2D eigenvalue weighted by Crippen LogP contribution is 2.13. The first-order valence-electron chi connectivity index (χ1n) is 7.49. The highest BCUT2D eigenvalue weighted by atomic mass is 35.5. The van der Waals surface area contributed by atoms with Gasteiger partial charge in [0, 0.05) is 17.3 Å². The van der Waals surface area contributed by atoms with Crippen molar-refractivity contribution in [2.45, 2.75) is 6.42 Å². The van der Waals surface area contributed by atoms with E-state index in [9.17, 15) is 17.6 Å². The summed E-state index contributed by atoms with van der Waals surface area (Å²) in [5.74, 6) is -0.916. The van der Waals surface area contributed by atoms with Crippen LogP contribution in [0.2, 0.25) is 5.02 Å². The molecule has 25 heavy (non-hydrogen) atoms. The lowest BCUT2D eigenvalue weighted by Gasteiger charge is -2.19. The largest absolute Gasteiger partial charge is 0.325 e. The number of halogens is 2. The van der Waals surface area contributed by atoms with Crippen LogP contribution in [0.4, 0.5) is 10.1 Å². The molecule has 0 heterocycles. The van der Waals surface area contributed by atoms with E-state index in [2.05, 4.69) is 5.32 Å². The highest BCUT2D eigenvalue weighted by molar-refractivity contribution is 7.88. The Morgan fingerprint density at radius 2 is 1.88 bits per heavy atom. The quantitative estimate of drug-likeness (QED) is 0.798. The lowest BCUT2D eigenvalue weighted by molar-refractivity contribution is -0.116. The molecule has 5 nitrogen and oxygen atoms in total. The Bertz CT molecular complexity index is 841. The fraction of sp³-hybridized carbons (Fsp3) is 0.235. The van der Waals surface area contributed by atoms with Crippen molar-refractivity contribution in [1.82, 2.24) is 4.31 Å². The van der Waals surface area contributed by atoms with E-state index in [1.54, 1.807) is 18.2 Å². The summed E-state index contributed by atoms with van der Waals surface area (Å²) in [5, 5.41) is 3.11. The number of sulfonamides is 1. The summed E-state index contributed by atoms with van der Waals surface area (Å²) in [6, 6.07) is 12.3. The number of rotatable bonds is 7. The molecule has 8 heteroatoms. The first kappa shape index (κ1) is 19.4. The van der Waals surface area contributed by atoms with Gasteiger partial charge in [0.25, 0.3) is 0 Å². The lowest BCUT2D eigenvalue weighted by atomic mass is 10.1. The predicted octanol–water partition coefficient (Wildman–Crippen LogP) is 2.92. The van der Waals surface area contributed by atoms with Gasteiger partial charge in [-0.2, -0.15) is 4.31 Å². The van der Waals surface area contributed by atoms with Gasteiger partial charge in [-0.3, -0.25) is 4.79 Å². The molecule has 1 N–H and O–H groups in total. The molecule has 2 rings (SSSR count). The van der Waals surface area contributed by atoms with Gasteiger partial charge in [0.05, 0.1) is 12.8 Å². The van der Waals surface area contributed by atoms with Crippen molar-refractivity contribution in [2.24, 2.45) is 0 Å². The van der Waals surface area contributed by atoms with E-state index in [1.165, 1.54) is 24.3 Å². The molecule has 0 aromatic heterocycles. The Labute approximate surface area is 151 Å². The lowest BCUT2D eigenvalue weighted by Crippen LogP contribution is -2.38. The van der Waals surface area contributed by atoms with E-state index in [0.717, 1.165) is 16.1 Å². The van der Waals surface area contributed by atoms with Gasteiger partial charge in [-0.15, -0.1) is 0 Å². The molecule has 134 valence electrons.